The normalized spacial score (nSPS) is 31.9. The number of piperidine rings is 3. The maximum Gasteiger partial charge on any atom is 0.355 e. The number of nitrogens with zero attached hydrogens (tertiary/aromatic N) is 3. The number of rotatable bonds is 2. The number of aromatic nitrogens is 1. The summed E-state index contributed by atoms with van der Waals surface area (Å²) in [5.74, 6) is 0.534. The molecule has 3 aliphatic heterocycles. The summed E-state index contributed by atoms with van der Waals surface area (Å²) >= 11 is 1.54. The molecule has 0 saturated carbocycles. The Bertz CT molecular complexity index is 588. The zero-order valence-electron chi connectivity index (χ0n) is 13.0. The van der Waals surface area contributed by atoms with Crippen molar-refractivity contribution in [1.29, 1.82) is 0 Å². The molecule has 1 aromatic rings. The monoisotopic (exact) mass is 321 g/mol. The fraction of sp³-hybridized carbons (Fsp3) is 0.750. The number of anilines is 1. The average Bonchev–Trinajstić information content (AvgIpc) is 2.89. The molecule has 1 N–H and O–H groups in total. The number of carboxylic acids is 1. The van der Waals surface area contributed by atoms with Crippen LogP contribution in [0.25, 0.3) is 0 Å². The number of carbonyl (C=O) groups is 1. The second kappa shape index (κ2) is 5.49. The summed E-state index contributed by atoms with van der Waals surface area (Å²) in [6, 6.07) is 0.743. The van der Waals surface area contributed by atoms with Crippen molar-refractivity contribution in [2.45, 2.75) is 38.6 Å². The predicted molar refractivity (Wildman–Crippen MR) is 86.8 cm³/mol. The molecule has 3 fully saturated rings. The molecule has 5 nitrogen and oxygen atoms in total. The molecule has 2 bridgehead atoms. The van der Waals surface area contributed by atoms with Crippen molar-refractivity contribution in [3.05, 3.63) is 10.6 Å². The summed E-state index contributed by atoms with van der Waals surface area (Å²) < 4.78 is 0. The Morgan fingerprint density at radius 1 is 1.32 bits per heavy atom. The Morgan fingerprint density at radius 3 is 2.95 bits per heavy atom. The minimum Gasteiger partial charge on any atom is -0.476 e. The van der Waals surface area contributed by atoms with E-state index in [2.05, 4.69) is 14.8 Å². The molecule has 3 aliphatic rings. The number of carboxylic acid groups (broad SMARTS) is 1. The minimum absolute atomic E-state index is 0.232. The first-order valence-corrected chi connectivity index (χ1v) is 9.13. The lowest BCUT2D eigenvalue weighted by Crippen LogP contribution is -2.59. The van der Waals surface area contributed by atoms with E-state index in [0.717, 1.165) is 35.1 Å². The van der Waals surface area contributed by atoms with Crippen LogP contribution in [0.3, 0.4) is 0 Å². The van der Waals surface area contributed by atoms with Crippen LogP contribution in [0.2, 0.25) is 0 Å². The van der Waals surface area contributed by atoms with Gasteiger partial charge in [0.1, 0.15) is 0 Å². The Kier molecular flexibility index (Phi) is 3.61. The molecule has 22 heavy (non-hydrogen) atoms. The molecule has 120 valence electrons. The molecule has 0 amide bonds. The van der Waals surface area contributed by atoms with Crippen molar-refractivity contribution in [1.82, 2.24) is 9.88 Å². The summed E-state index contributed by atoms with van der Waals surface area (Å²) in [7, 11) is 0. The van der Waals surface area contributed by atoms with Crippen molar-refractivity contribution < 1.29 is 9.90 Å². The highest BCUT2D eigenvalue weighted by Crippen LogP contribution is 2.39. The van der Waals surface area contributed by atoms with E-state index in [-0.39, 0.29) is 5.69 Å². The van der Waals surface area contributed by atoms with E-state index < -0.39 is 5.97 Å². The average molecular weight is 321 g/mol. The third kappa shape index (κ3) is 2.42. The molecule has 0 aliphatic carbocycles. The molecule has 4 rings (SSSR count). The molecule has 0 spiro atoms. The zero-order valence-corrected chi connectivity index (χ0v) is 13.8. The second-order valence-electron chi connectivity index (χ2n) is 7.03. The van der Waals surface area contributed by atoms with E-state index in [0.29, 0.717) is 5.92 Å². The second-order valence-corrected chi connectivity index (χ2v) is 8.21. The number of fused-ring (bicyclic) bond motifs is 4. The van der Waals surface area contributed by atoms with Crippen LogP contribution in [0.1, 0.15) is 41.0 Å². The van der Waals surface area contributed by atoms with Gasteiger partial charge in [-0.3, -0.25) is 4.90 Å². The van der Waals surface area contributed by atoms with Gasteiger partial charge >= 0.3 is 5.97 Å². The van der Waals surface area contributed by atoms with E-state index in [1.54, 1.807) is 0 Å². The van der Waals surface area contributed by atoms with E-state index in [1.807, 2.05) is 6.92 Å². The molecule has 4 heterocycles. The molecule has 3 saturated heterocycles. The number of hydrogen-bond donors (Lipinski definition) is 1. The first kappa shape index (κ1) is 14.5. The number of aryl methyl sites for hydroxylation is 1. The topological polar surface area (TPSA) is 56.7 Å². The number of thiazole rings is 1. The molecule has 0 unspecified atom stereocenters. The Morgan fingerprint density at radius 2 is 2.18 bits per heavy atom. The Hall–Kier alpha value is -1.14. The summed E-state index contributed by atoms with van der Waals surface area (Å²) in [6.07, 6.45) is 5.39. The van der Waals surface area contributed by atoms with Crippen molar-refractivity contribution in [3.63, 3.8) is 0 Å². The van der Waals surface area contributed by atoms with Crippen LogP contribution in [-0.2, 0) is 0 Å². The van der Waals surface area contributed by atoms with Gasteiger partial charge in [-0.1, -0.05) is 6.42 Å². The fourth-order valence-electron chi connectivity index (χ4n) is 4.64. The van der Waals surface area contributed by atoms with Crippen molar-refractivity contribution in [2.24, 2.45) is 11.8 Å². The van der Waals surface area contributed by atoms with Gasteiger partial charge in [0.2, 0.25) is 0 Å². The van der Waals surface area contributed by atoms with Crippen LogP contribution in [0.4, 0.5) is 5.13 Å². The minimum atomic E-state index is -0.907. The van der Waals surface area contributed by atoms with Gasteiger partial charge in [0, 0.05) is 30.6 Å². The van der Waals surface area contributed by atoms with Gasteiger partial charge in [-0.2, -0.15) is 0 Å². The quantitative estimate of drug-likeness (QED) is 0.907. The third-order valence-electron chi connectivity index (χ3n) is 5.53. The van der Waals surface area contributed by atoms with Gasteiger partial charge in [0.05, 0.1) is 0 Å². The molecule has 1 aromatic heterocycles. The maximum absolute atomic E-state index is 11.2. The van der Waals surface area contributed by atoms with Crippen molar-refractivity contribution in [2.75, 3.05) is 31.1 Å². The highest BCUT2D eigenvalue weighted by Gasteiger charge is 2.42. The van der Waals surface area contributed by atoms with Crippen LogP contribution in [0, 0.1) is 18.8 Å². The van der Waals surface area contributed by atoms with Gasteiger partial charge < -0.3 is 10.0 Å². The number of hydrogen-bond acceptors (Lipinski definition) is 5. The lowest BCUT2D eigenvalue weighted by atomic mass is 9.76. The van der Waals surface area contributed by atoms with Crippen LogP contribution in [0.5, 0.6) is 0 Å². The lowest BCUT2D eigenvalue weighted by Gasteiger charge is -2.52. The van der Waals surface area contributed by atoms with E-state index >= 15 is 0 Å². The van der Waals surface area contributed by atoms with Gasteiger partial charge in [0.25, 0.3) is 0 Å². The highest BCUT2D eigenvalue weighted by molar-refractivity contribution is 7.15. The standard InChI is InChI=1S/C16H23N3O2S/c1-10-14(15(20)21)17-16(22-10)19-8-11-6-12(9-19)13-4-2-3-5-18(13)7-11/h11-13H,2-9H2,1H3,(H,20,21)/t11-,12-,13+/m1/s1. The molecule has 0 aromatic carbocycles. The van der Waals surface area contributed by atoms with E-state index in [1.165, 1.54) is 50.1 Å². The zero-order chi connectivity index (χ0) is 15.3. The third-order valence-corrected chi connectivity index (χ3v) is 6.56. The lowest BCUT2D eigenvalue weighted by molar-refractivity contribution is 0.0186. The Balaban J connectivity index is 1.55. The van der Waals surface area contributed by atoms with Gasteiger partial charge in [-0.25, -0.2) is 9.78 Å². The maximum atomic E-state index is 11.2. The largest absolute Gasteiger partial charge is 0.476 e. The Labute approximate surface area is 134 Å². The number of aromatic carboxylic acids is 1. The highest BCUT2D eigenvalue weighted by atomic mass is 32.1. The summed E-state index contributed by atoms with van der Waals surface area (Å²) in [6.45, 7) is 6.43. The van der Waals surface area contributed by atoms with Gasteiger partial charge in [-0.05, 0) is 44.6 Å². The summed E-state index contributed by atoms with van der Waals surface area (Å²) in [4.78, 5) is 21.5. The summed E-state index contributed by atoms with van der Waals surface area (Å²) in [5.41, 5.74) is 0.232. The van der Waals surface area contributed by atoms with Crippen LogP contribution in [-0.4, -0.2) is 53.2 Å². The van der Waals surface area contributed by atoms with E-state index in [9.17, 15) is 9.90 Å². The molecular formula is C16H23N3O2S. The first-order chi connectivity index (χ1) is 10.6. The van der Waals surface area contributed by atoms with Crippen molar-refractivity contribution in [3.8, 4) is 0 Å². The smallest absolute Gasteiger partial charge is 0.355 e. The van der Waals surface area contributed by atoms with Crippen LogP contribution < -0.4 is 4.90 Å². The van der Waals surface area contributed by atoms with Crippen LogP contribution in [0.15, 0.2) is 0 Å². The van der Waals surface area contributed by atoms with E-state index in [4.69, 9.17) is 0 Å². The molecule has 3 atom stereocenters. The summed E-state index contributed by atoms with van der Waals surface area (Å²) in [5, 5.41) is 10.1. The van der Waals surface area contributed by atoms with Crippen molar-refractivity contribution >= 4 is 22.4 Å². The van der Waals surface area contributed by atoms with Crippen LogP contribution >= 0.6 is 11.3 Å². The molecule has 6 heteroatoms. The fourth-order valence-corrected chi connectivity index (χ4v) is 5.56. The molecule has 0 radical (unpaired) electrons. The van der Waals surface area contributed by atoms with Gasteiger partial charge in [-0.15, -0.1) is 11.3 Å². The first-order valence-electron chi connectivity index (χ1n) is 8.31. The predicted octanol–water partition coefficient (Wildman–Crippen LogP) is 2.46. The van der Waals surface area contributed by atoms with Gasteiger partial charge in [0.15, 0.2) is 10.8 Å². The SMILES string of the molecule is Cc1sc(N2C[C@@H]3C[C@H](C2)[C@@H]2CCCCN2C3)nc1C(=O)O. The molecular weight excluding hydrogens is 298 g/mol.